The molecular weight excluding hydrogens is 338 g/mol. The van der Waals surface area contributed by atoms with E-state index in [-0.39, 0.29) is 0 Å². The molecule has 138 valence electrons. The van der Waals surface area contributed by atoms with Gasteiger partial charge in [0.2, 0.25) is 0 Å². The van der Waals surface area contributed by atoms with Gasteiger partial charge in [-0.25, -0.2) is 0 Å². The minimum absolute atomic E-state index is 0.411. The minimum atomic E-state index is 0.411. The summed E-state index contributed by atoms with van der Waals surface area (Å²) in [6.45, 7) is 0. The van der Waals surface area contributed by atoms with Crippen molar-refractivity contribution in [3.05, 3.63) is 107 Å². The largest absolute Gasteiger partial charge is 0.336 e. The first-order chi connectivity index (χ1) is 13.9. The van der Waals surface area contributed by atoms with Crippen LogP contribution in [0.3, 0.4) is 0 Å². The molecule has 2 heterocycles. The van der Waals surface area contributed by atoms with Gasteiger partial charge >= 0.3 is 0 Å². The molecule has 0 saturated carbocycles. The van der Waals surface area contributed by atoms with Crippen molar-refractivity contribution in [1.82, 2.24) is 4.57 Å². The highest BCUT2D eigenvalue weighted by Gasteiger charge is 2.40. The third kappa shape index (κ3) is 2.32. The Bertz CT molecular complexity index is 1120. The smallest absolute Gasteiger partial charge is 0.0594 e. The molecule has 0 spiro atoms. The fraction of sp³-hybridized carbons (Fsp3) is 0.259. The standard InChI is InChI=1S/C27H25N/c1-3-10-19(11-4-1)24-18-26(20-12-5-2-6-13-20)28-25-17-8-7-14-21(25)22-15-9-16-23(24)27(22)28/h1-8,10-14,17,23-24,26H,9,15-16,18H2. The summed E-state index contributed by atoms with van der Waals surface area (Å²) in [5.74, 6) is 1.24. The molecule has 4 aromatic rings. The topological polar surface area (TPSA) is 4.93 Å². The summed E-state index contributed by atoms with van der Waals surface area (Å²) in [5.41, 5.74) is 7.63. The lowest BCUT2D eigenvalue weighted by atomic mass is 9.70. The van der Waals surface area contributed by atoms with Gasteiger partial charge in [-0.15, -0.1) is 0 Å². The Labute approximate surface area is 166 Å². The average molecular weight is 364 g/mol. The molecule has 2 aliphatic rings. The molecule has 1 aliphatic heterocycles. The van der Waals surface area contributed by atoms with E-state index < -0.39 is 0 Å². The predicted octanol–water partition coefficient (Wildman–Crippen LogP) is 6.84. The Balaban J connectivity index is 1.64. The number of benzene rings is 3. The maximum atomic E-state index is 2.71. The van der Waals surface area contributed by atoms with Gasteiger partial charge in [-0.05, 0) is 54.4 Å². The number of aryl methyl sites for hydroxylation is 1. The van der Waals surface area contributed by atoms with E-state index in [1.165, 1.54) is 47.7 Å². The van der Waals surface area contributed by atoms with E-state index in [2.05, 4.69) is 89.5 Å². The monoisotopic (exact) mass is 363 g/mol. The van der Waals surface area contributed by atoms with Crippen LogP contribution >= 0.6 is 0 Å². The third-order valence-corrected chi connectivity index (χ3v) is 7.04. The Morgan fingerprint density at radius 1 is 0.679 bits per heavy atom. The van der Waals surface area contributed by atoms with Gasteiger partial charge < -0.3 is 4.57 Å². The van der Waals surface area contributed by atoms with Gasteiger partial charge in [0, 0.05) is 22.5 Å². The molecule has 1 nitrogen and oxygen atoms in total. The highest BCUT2D eigenvalue weighted by molar-refractivity contribution is 5.86. The van der Waals surface area contributed by atoms with Crippen LogP contribution in [0.4, 0.5) is 0 Å². The van der Waals surface area contributed by atoms with Crippen molar-refractivity contribution in [3.8, 4) is 0 Å². The second-order valence-electron chi connectivity index (χ2n) is 8.43. The molecule has 0 radical (unpaired) electrons. The van der Waals surface area contributed by atoms with Gasteiger partial charge in [-0.1, -0.05) is 78.9 Å². The number of hydrogen-bond donors (Lipinski definition) is 0. The normalized spacial score (nSPS) is 23.5. The lowest BCUT2D eigenvalue weighted by Gasteiger charge is -2.41. The van der Waals surface area contributed by atoms with Crippen molar-refractivity contribution in [1.29, 1.82) is 0 Å². The maximum absolute atomic E-state index is 2.71. The number of aromatic nitrogens is 1. The van der Waals surface area contributed by atoms with Crippen molar-refractivity contribution in [2.75, 3.05) is 0 Å². The summed E-state index contributed by atoms with van der Waals surface area (Å²) in [6.07, 6.45) is 5.03. The lowest BCUT2D eigenvalue weighted by Crippen LogP contribution is -2.30. The van der Waals surface area contributed by atoms with E-state index in [1.807, 2.05) is 0 Å². The summed E-state index contributed by atoms with van der Waals surface area (Å²) in [6, 6.07) is 31.9. The van der Waals surface area contributed by atoms with Gasteiger partial charge in [0.1, 0.15) is 0 Å². The number of rotatable bonds is 2. The first kappa shape index (κ1) is 16.2. The van der Waals surface area contributed by atoms with Crippen LogP contribution in [0.15, 0.2) is 84.9 Å². The zero-order valence-corrected chi connectivity index (χ0v) is 16.1. The number of hydrogen-bond acceptors (Lipinski definition) is 0. The quantitative estimate of drug-likeness (QED) is 0.367. The molecule has 1 aliphatic carbocycles. The summed E-state index contributed by atoms with van der Waals surface area (Å²) in [7, 11) is 0. The molecule has 1 aromatic heterocycles. The van der Waals surface area contributed by atoms with Gasteiger partial charge in [0.05, 0.1) is 6.04 Å². The summed E-state index contributed by atoms with van der Waals surface area (Å²) >= 11 is 0. The molecule has 0 amide bonds. The van der Waals surface area contributed by atoms with Crippen LogP contribution in [0.1, 0.15) is 59.5 Å². The number of nitrogens with zero attached hydrogens (tertiary/aromatic N) is 1. The average Bonchev–Trinajstić information content (AvgIpc) is 3.12. The van der Waals surface area contributed by atoms with E-state index in [0.29, 0.717) is 17.9 Å². The van der Waals surface area contributed by atoms with Crippen LogP contribution in [-0.4, -0.2) is 4.57 Å². The Morgan fingerprint density at radius 3 is 2.14 bits per heavy atom. The first-order valence-corrected chi connectivity index (χ1v) is 10.6. The summed E-state index contributed by atoms with van der Waals surface area (Å²) in [4.78, 5) is 0. The Morgan fingerprint density at radius 2 is 1.36 bits per heavy atom. The number of fused-ring (bicyclic) bond motifs is 3. The zero-order chi connectivity index (χ0) is 18.5. The minimum Gasteiger partial charge on any atom is -0.336 e. The van der Waals surface area contributed by atoms with E-state index in [9.17, 15) is 0 Å². The highest BCUT2D eigenvalue weighted by atomic mass is 15.1. The van der Waals surface area contributed by atoms with E-state index in [0.717, 1.165) is 0 Å². The fourth-order valence-electron chi connectivity index (χ4n) is 5.92. The maximum Gasteiger partial charge on any atom is 0.0594 e. The lowest BCUT2D eigenvalue weighted by molar-refractivity contribution is 0.331. The van der Waals surface area contributed by atoms with Gasteiger partial charge in [-0.2, -0.15) is 0 Å². The molecule has 0 bridgehead atoms. The molecule has 0 fully saturated rings. The SMILES string of the molecule is c1ccc(C2CC(c3ccccc3)n3c4c(c5ccccc53)CCCC42)cc1. The molecule has 0 saturated heterocycles. The van der Waals surface area contributed by atoms with E-state index in [1.54, 1.807) is 11.3 Å². The van der Waals surface area contributed by atoms with Crippen molar-refractivity contribution in [2.45, 2.75) is 43.6 Å². The van der Waals surface area contributed by atoms with Gasteiger partial charge in [0.15, 0.2) is 0 Å². The van der Waals surface area contributed by atoms with Crippen molar-refractivity contribution in [2.24, 2.45) is 0 Å². The Kier molecular flexibility index (Phi) is 3.68. The molecule has 3 atom stereocenters. The van der Waals surface area contributed by atoms with Crippen LogP contribution in [0.25, 0.3) is 10.9 Å². The molecular formula is C27H25N. The second-order valence-corrected chi connectivity index (χ2v) is 8.43. The van der Waals surface area contributed by atoms with Gasteiger partial charge in [-0.3, -0.25) is 0 Å². The summed E-state index contributed by atoms with van der Waals surface area (Å²) < 4.78 is 2.71. The molecule has 0 N–H and O–H groups in total. The zero-order valence-electron chi connectivity index (χ0n) is 16.1. The Hall–Kier alpha value is -2.80. The van der Waals surface area contributed by atoms with Crippen molar-refractivity contribution in [3.63, 3.8) is 0 Å². The molecule has 3 unspecified atom stereocenters. The van der Waals surface area contributed by atoms with Crippen LogP contribution in [-0.2, 0) is 6.42 Å². The van der Waals surface area contributed by atoms with E-state index in [4.69, 9.17) is 0 Å². The van der Waals surface area contributed by atoms with E-state index >= 15 is 0 Å². The second kappa shape index (κ2) is 6.38. The van der Waals surface area contributed by atoms with Gasteiger partial charge in [0.25, 0.3) is 0 Å². The third-order valence-electron chi connectivity index (χ3n) is 7.04. The van der Waals surface area contributed by atoms with Crippen LogP contribution < -0.4 is 0 Å². The van der Waals surface area contributed by atoms with Crippen LogP contribution in [0.5, 0.6) is 0 Å². The van der Waals surface area contributed by atoms with Crippen molar-refractivity contribution < 1.29 is 0 Å². The van der Waals surface area contributed by atoms with Crippen LogP contribution in [0, 0.1) is 0 Å². The fourth-order valence-corrected chi connectivity index (χ4v) is 5.92. The molecule has 28 heavy (non-hydrogen) atoms. The number of para-hydroxylation sites is 1. The summed E-state index contributed by atoms with van der Waals surface area (Å²) in [5, 5.41) is 1.48. The first-order valence-electron chi connectivity index (χ1n) is 10.6. The molecule has 1 heteroatoms. The highest BCUT2D eigenvalue weighted by Crippen LogP contribution is 2.54. The van der Waals surface area contributed by atoms with Crippen molar-refractivity contribution >= 4 is 10.9 Å². The van der Waals surface area contributed by atoms with Crippen LogP contribution in [0.2, 0.25) is 0 Å². The predicted molar refractivity (Wildman–Crippen MR) is 116 cm³/mol. The molecule has 3 aromatic carbocycles. The molecule has 6 rings (SSSR count).